The second-order valence-corrected chi connectivity index (χ2v) is 6.48. The van der Waals surface area contributed by atoms with Gasteiger partial charge in [-0.25, -0.2) is 0 Å². The standard InChI is InChI=1S/C16H13NO2S2/c1-10-5-6-12(8-11(10)2)17-15(18)14(21-16(17)20)9-13-4-3-7-19-13/h3-9H,1-2H3. The van der Waals surface area contributed by atoms with Gasteiger partial charge in [-0.1, -0.05) is 30.0 Å². The highest BCUT2D eigenvalue weighted by atomic mass is 32.2. The lowest BCUT2D eigenvalue weighted by atomic mass is 10.1. The van der Waals surface area contributed by atoms with Crippen molar-refractivity contribution in [3.05, 3.63) is 58.4 Å². The molecule has 0 spiro atoms. The average Bonchev–Trinajstić information content (AvgIpc) is 3.03. The normalized spacial score (nSPS) is 17.0. The number of anilines is 1. The van der Waals surface area contributed by atoms with Gasteiger partial charge in [-0.05, 0) is 49.2 Å². The Labute approximate surface area is 132 Å². The first-order valence-electron chi connectivity index (χ1n) is 6.45. The molecule has 1 aromatic carbocycles. The highest BCUT2D eigenvalue weighted by Crippen LogP contribution is 2.36. The lowest BCUT2D eigenvalue weighted by Gasteiger charge is -2.15. The summed E-state index contributed by atoms with van der Waals surface area (Å²) in [6, 6.07) is 9.50. The first-order chi connectivity index (χ1) is 10.1. The molecule has 0 radical (unpaired) electrons. The Morgan fingerprint density at radius 3 is 2.71 bits per heavy atom. The fourth-order valence-electron chi connectivity index (χ4n) is 2.06. The molecule has 2 aromatic rings. The van der Waals surface area contributed by atoms with E-state index in [9.17, 15) is 4.79 Å². The molecule has 21 heavy (non-hydrogen) atoms. The molecular weight excluding hydrogens is 302 g/mol. The number of rotatable bonds is 2. The predicted octanol–water partition coefficient (Wildman–Crippen LogP) is 4.30. The van der Waals surface area contributed by atoms with E-state index in [1.54, 1.807) is 23.3 Å². The summed E-state index contributed by atoms with van der Waals surface area (Å²) in [4.78, 5) is 14.7. The quantitative estimate of drug-likeness (QED) is 0.611. The summed E-state index contributed by atoms with van der Waals surface area (Å²) < 4.78 is 5.79. The van der Waals surface area contributed by atoms with Crippen molar-refractivity contribution in [2.45, 2.75) is 13.8 Å². The minimum atomic E-state index is -0.107. The molecule has 1 fully saturated rings. The Morgan fingerprint density at radius 2 is 2.05 bits per heavy atom. The number of nitrogens with zero attached hydrogens (tertiary/aromatic N) is 1. The van der Waals surface area contributed by atoms with Crippen molar-refractivity contribution in [1.82, 2.24) is 0 Å². The summed E-state index contributed by atoms with van der Waals surface area (Å²) in [5, 5.41) is 0. The van der Waals surface area contributed by atoms with Gasteiger partial charge in [0.1, 0.15) is 5.76 Å². The molecular formula is C16H13NO2S2. The summed E-state index contributed by atoms with van der Waals surface area (Å²) in [5.41, 5.74) is 3.13. The maximum absolute atomic E-state index is 12.5. The van der Waals surface area contributed by atoms with Gasteiger partial charge in [0.05, 0.1) is 16.9 Å². The maximum Gasteiger partial charge on any atom is 0.270 e. The lowest BCUT2D eigenvalue weighted by molar-refractivity contribution is -0.113. The molecule has 3 nitrogen and oxygen atoms in total. The number of thiocarbonyl (C=S) groups is 1. The number of benzene rings is 1. The smallest absolute Gasteiger partial charge is 0.270 e. The summed E-state index contributed by atoms with van der Waals surface area (Å²) >= 11 is 6.64. The highest BCUT2D eigenvalue weighted by molar-refractivity contribution is 8.27. The van der Waals surface area contributed by atoms with Crippen LogP contribution in [0.15, 0.2) is 45.9 Å². The van der Waals surface area contributed by atoms with Crippen LogP contribution in [0.1, 0.15) is 16.9 Å². The Bertz CT molecular complexity index is 748. The summed E-state index contributed by atoms with van der Waals surface area (Å²) in [6.07, 6.45) is 3.30. The molecule has 5 heteroatoms. The Hall–Kier alpha value is -1.85. The number of hydrogen-bond acceptors (Lipinski definition) is 4. The molecule has 1 amide bonds. The predicted molar refractivity (Wildman–Crippen MR) is 90.3 cm³/mol. The molecule has 3 rings (SSSR count). The molecule has 2 heterocycles. The number of aryl methyl sites for hydroxylation is 2. The zero-order valence-electron chi connectivity index (χ0n) is 11.6. The Balaban J connectivity index is 1.95. The van der Waals surface area contributed by atoms with Crippen LogP contribution >= 0.6 is 24.0 Å². The third kappa shape index (κ3) is 2.66. The largest absolute Gasteiger partial charge is 0.465 e. The molecule has 0 N–H and O–H groups in total. The zero-order valence-corrected chi connectivity index (χ0v) is 13.3. The second-order valence-electron chi connectivity index (χ2n) is 4.80. The summed E-state index contributed by atoms with van der Waals surface area (Å²) in [7, 11) is 0. The van der Waals surface area contributed by atoms with Gasteiger partial charge < -0.3 is 4.42 Å². The van der Waals surface area contributed by atoms with Gasteiger partial charge in [0.2, 0.25) is 0 Å². The van der Waals surface area contributed by atoms with Crippen molar-refractivity contribution < 1.29 is 9.21 Å². The molecule has 0 unspecified atom stereocenters. The van der Waals surface area contributed by atoms with Crippen molar-refractivity contribution in [2.24, 2.45) is 0 Å². The maximum atomic E-state index is 12.5. The molecule has 106 valence electrons. The molecule has 0 bridgehead atoms. The number of hydrogen-bond donors (Lipinski definition) is 0. The molecule has 1 aliphatic heterocycles. The minimum Gasteiger partial charge on any atom is -0.465 e. The van der Waals surface area contributed by atoms with Crippen LogP contribution in [-0.4, -0.2) is 10.2 Å². The van der Waals surface area contributed by atoms with E-state index in [-0.39, 0.29) is 5.91 Å². The number of carbonyl (C=O) groups is 1. The average molecular weight is 315 g/mol. The van der Waals surface area contributed by atoms with Crippen LogP contribution in [0, 0.1) is 13.8 Å². The molecule has 1 saturated heterocycles. The number of furan rings is 1. The van der Waals surface area contributed by atoms with E-state index in [1.807, 2.05) is 38.1 Å². The van der Waals surface area contributed by atoms with Gasteiger partial charge in [0, 0.05) is 6.08 Å². The van der Waals surface area contributed by atoms with Crippen LogP contribution in [0.3, 0.4) is 0 Å². The van der Waals surface area contributed by atoms with Crippen LogP contribution in [0.25, 0.3) is 6.08 Å². The molecule has 1 aromatic heterocycles. The van der Waals surface area contributed by atoms with Crippen LogP contribution in [0.2, 0.25) is 0 Å². The zero-order chi connectivity index (χ0) is 15.0. The topological polar surface area (TPSA) is 33.5 Å². The van der Waals surface area contributed by atoms with Crippen molar-refractivity contribution in [3.63, 3.8) is 0 Å². The first kappa shape index (κ1) is 14.1. The van der Waals surface area contributed by atoms with Crippen molar-refractivity contribution in [3.8, 4) is 0 Å². The minimum absolute atomic E-state index is 0.107. The molecule has 0 aliphatic carbocycles. The lowest BCUT2D eigenvalue weighted by Crippen LogP contribution is -2.27. The highest BCUT2D eigenvalue weighted by Gasteiger charge is 2.33. The third-order valence-electron chi connectivity index (χ3n) is 3.36. The van der Waals surface area contributed by atoms with Crippen LogP contribution < -0.4 is 4.90 Å². The van der Waals surface area contributed by atoms with Gasteiger partial charge in [-0.2, -0.15) is 0 Å². The van der Waals surface area contributed by atoms with Gasteiger partial charge >= 0.3 is 0 Å². The van der Waals surface area contributed by atoms with Crippen molar-refractivity contribution >= 4 is 46.0 Å². The Kier molecular flexibility index (Phi) is 3.69. The van der Waals surface area contributed by atoms with Gasteiger partial charge in [0.25, 0.3) is 5.91 Å². The molecule has 1 aliphatic rings. The first-order valence-corrected chi connectivity index (χ1v) is 7.67. The van der Waals surface area contributed by atoms with Gasteiger partial charge in [-0.3, -0.25) is 9.69 Å². The second kappa shape index (κ2) is 5.50. The van der Waals surface area contributed by atoms with Gasteiger partial charge in [-0.15, -0.1) is 0 Å². The van der Waals surface area contributed by atoms with E-state index in [0.717, 1.165) is 11.3 Å². The van der Waals surface area contributed by atoms with Crippen LogP contribution in [-0.2, 0) is 4.79 Å². The van der Waals surface area contributed by atoms with E-state index in [1.165, 1.54) is 17.3 Å². The van der Waals surface area contributed by atoms with E-state index in [2.05, 4.69) is 0 Å². The molecule has 0 saturated carbocycles. The summed E-state index contributed by atoms with van der Waals surface area (Å²) in [6.45, 7) is 4.06. The fraction of sp³-hybridized carbons (Fsp3) is 0.125. The summed E-state index contributed by atoms with van der Waals surface area (Å²) in [5.74, 6) is 0.542. The number of thioether (sulfide) groups is 1. The monoisotopic (exact) mass is 315 g/mol. The van der Waals surface area contributed by atoms with Crippen molar-refractivity contribution in [2.75, 3.05) is 4.90 Å². The van der Waals surface area contributed by atoms with E-state index >= 15 is 0 Å². The SMILES string of the molecule is Cc1ccc(N2C(=O)C(=Cc3ccco3)SC2=S)cc1C. The number of amides is 1. The van der Waals surface area contributed by atoms with Crippen LogP contribution in [0.5, 0.6) is 0 Å². The van der Waals surface area contributed by atoms with E-state index in [4.69, 9.17) is 16.6 Å². The van der Waals surface area contributed by atoms with Gasteiger partial charge in [0.15, 0.2) is 4.32 Å². The molecule has 0 atom stereocenters. The van der Waals surface area contributed by atoms with Crippen molar-refractivity contribution in [1.29, 1.82) is 0 Å². The third-order valence-corrected chi connectivity index (χ3v) is 4.66. The fourth-order valence-corrected chi connectivity index (χ4v) is 3.34. The van der Waals surface area contributed by atoms with E-state index in [0.29, 0.717) is 15.0 Å². The Morgan fingerprint density at radius 1 is 1.24 bits per heavy atom. The number of carbonyl (C=O) groups excluding carboxylic acids is 1. The van der Waals surface area contributed by atoms with Crippen LogP contribution in [0.4, 0.5) is 5.69 Å². The van der Waals surface area contributed by atoms with E-state index < -0.39 is 0 Å².